The lowest BCUT2D eigenvalue weighted by Crippen LogP contribution is -2.01. The standard InChI is InChI=1S/C48H28N8/c1-2-10-30(11-3-1)46-54-47(56-48(55-46)38-16-4-12-29-13-5-19-49-41(29)38)35-25-33(39-27-31-14-6-20-50-42(31)44-36(39)17-8-22-52-44)24-34(26-35)40-28-32-15-7-21-51-43(32)45-37(40)18-9-23-53-45/h1-28H. The van der Waals surface area contributed by atoms with Crippen molar-refractivity contribution in [2.24, 2.45) is 0 Å². The molecular weight excluding hydrogens is 689 g/mol. The molecule has 5 aromatic carbocycles. The van der Waals surface area contributed by atoms with Crippen molar-refractivity contribution >= 4 is 54.5 Å². The number of rotatable bonds is 5. The Morgan fingerprint density at radius 2 is 0.732 bits per heavy atom. The van der Waals surface area contributed by atoms with Crippen LogP contribution >= 0.6 is 0 Å². The van der Waals surface area contributed by atoms with E-state index in [0.29, 0.717) is 17.5 Å². The highest BCUT2D eigenvalue weighted by Gasteiger charge is 2.19. The van der Waals surface area contributed by atoms with Gasteiger partial charge in [0.2, 0.25) is 0 Å². The van der Waals surface area contributed by atoms with Crippen LogP contribution in [0.15, 0.2) is 171 Å². The third-order valence-electron chi connectivity index (χ3n) is 10.3. The summed E-state index contributed by atoms with van der Waals surface area (Å²) in [5.74, 6) is 1.66. The van der Waals surface area contributed by atoms with Crippen LogP contribution in [-0.2, 0) is 0 Å². The number of aromatic nitrogens is 8. The van der Waals surface area contributed by atoms with E-state index in [2.05, 4.69) is 66.7 Å². The van der Waals surface area contributed by atoms with Crippen LogP contribution in [0.2, 0.25) is 0 Å². The first-order valence-electron chi connectivity index (χ1n) is 18.3. The summed E-state index contributed by atoms with van der Waals surface area (Å²) in [5.41, 5.74) is 10.8. The third-order valence-corrected chi connectivity index (χ3v) is 10.3. The van der Waals surface area contributed by atoms with Crippen LogP contribution in [0.3, 0.4) is 0 Å². The molecule has 260 valence electrons. The third kappa shape index (κ3) is 5.31. The smallest absolute Gasteiger partial charge is 0.166 e. The van der Waals surface area contributed by atoms with Crippen LogP contribution in [0.4, 0.5) is 0 Å². The first kappa shape index (κ1) is 31.7. The van der Waals surface area contributed by atoms with Gasteiger partial charge in [0, 0.05) is 74.6 Å². The minimum Gasteiger partial charge on any atom is -0.255 e. The molecule has 6 heterocycles. The fraction of sp³-hybridized carbons (Fsp3) is 0. The van der Waals surface area contributed by atoms with E-state index in [4.69, 9.17) is 39.9 Å². The van der Waals surface area contributed by atoms with Crippen molar-refractivity contribution in [3.05, 3.63) is 171 Å². The number of pyridine rings is 5. The highest BCUT2D eigenvalue weighted by atomic mass is 15.0. The molecule has 6 aromatic heterocycles. The van der Waals surface area contributed by atoms with Gasteiger partial charge in [0.1, 0.15) is 0 Å². The summed E-state index contributed by atoms with van der Waals surface area (Å²) in [5, 5.41) is 5.02. The predicted octanol–water partition coefficient (Wildman–Crippen LogP) is 10.9. The molecular formula is C48H28N8. The van der Waals surface area contributed by atoms with Crippen molar-refractivity contribution in [2.45, 2.75) is 0 Å². The highest BCUT2D eigenvalue weighted by Crippen LogP contribution is 2.41. The Kier molecular flexibility index (Phi) is 7.31. The van der Waals surface area contributed by atoms with E-state index in [-0.39, 0.29) is 0 Å². The van der Waals surface area contributed by atoms with Crippen LogP contribution < -0.4 is 0 Å². The maximum atomic E-state index is 5.24. The van der Waals surface area contributed by atoms with Gasteiger partial charge < -0.3 is 0 Å². The molecule has 8 nitrogen and oxygen atoms in total. The van der Waals surface area contributed by atoms with E-state index in [1.54, 1.807) is 6.20 Å². The van der Waals surface area contributed by atoms with Crippen molar-refractivity contribution in [3.63, 3.8) is 0 Å². The lowest BCUT2D eigenvalue weighted by molar-refractivity contribution is 1.07. The Morgan fingerprint density at radius 1 is 0.268 bits per heavy atom. The van der Waals surface area contributed by atoms with Gasteiger partial charge in [0.05, 0.1) is 27.6 Å². The minimum absolute atomic E-state index is 0.541. The SMILES string of the molecule is c1ccc(-c2nc(-c3cc(-c4cc5cccnc5c5ncccc45)cc(-c4cc5cccnc5c5ncccc45)c3)nc(-c3cccc4cccnc34)n2)cc1. The van der Waals surface area contributed by atoms with Crippen molar-refractivity contribution < 1.29 is 0 Å². The summed E-state index contributed by atoms with van der Waals surface area (Å²) in [4.78, 5) is 39.4. The fourth-order valence-corrected chi connectivity index (χ4v) is 7.73. The Balaban J connectivity index is 1.23. The highest BCUT2D eigenvalue weighted by molar-refractivity contribution is 6.12. The van der Waals surface area contributed by atoms with Crippen LogP contribution in [0.25, 0.3) is 111 Å². The fourth-order valence-electron chi connectivity index (χ4n) is 7.73. The Labute approximate surface area is 320 Å². The summed E-state index contributed by atoms with van der Waals surface area (Å²) in [6.07, 6.45) is 9.08. The monoisotopic (exact) mass is 716 g/mol. The van der Waals surface area contributed by atoms with Gasteiger partial charge in [-0.05, 0) is 89.0 Å². The maximum Gasteiger partial charge on any atom is 0.166 e. The molecule has 0 amide bonds. The van der Waals surface area contributed by atoms with Crippen LogP contribution in [0.5, 0.6) is 0 Å². The first-order valence-corrected chi connectivity index (χ1v) is 18.3. The Bertz CT molecular complexity index is 3190. The first-order chi connectivity index (χ1) is 27.7. The van der Waals surface area contributed by atoms with Crippen molar-refractivity contribution in [3.8, 4) is 56.4 Å². The Hall–Kier alpha value is -7.84. The van der Waals surface area contributed by atoms with E-state index in [1.807, 2.05) is 97.6 Å². The molecule has 0 fully saturated rings. The van der Waals surface area contributed by atoms with Gasteiger partial charge in [0.25, 0.3) is 0 Å². The van der Waals surface area contributed by atoms with Gasteiger partial charge in [-0.2, -0.15) is 0 Å². The number of benzene rings is 5. The zero-order valence-electron chi connectivity index (χ0n) is 29.7. The molecule has 56 heavy (non-hydrogen) atoms. The second kappa shape index (κ2) is 12.9. The lowest BCUT2D eigenvalue weighted by Gasteiger charge is -2.16. The minimum atomic E-state index is 0.541. The molecule has 0 saturated carbocycles. The zero-order chi connectivity index (χ0) is 37.0. The molecule has 0 unspecified atom stereocenters. The molecule has 0 aliphatic rings. The summed E-state index contributed by atoms with van der Waals surface area (Å²) in [6.45, 7) is 0. The molecule has 0 bridgehead atoms. The summed E-state index contributed by atoms with van der Waals surface area (Å²) in [6, 6.07) is 47.4. The molecule has 0 atom stereocenters. The summed E-state index contributed by atoms with van der Waals surface area (Å²) >= 11 is 0. The van der Waals surface area contributed by atoms with Crippen LogP contribution in [-0.4, -0.2) is 39.9 Å². The Morgan fingerprint density at radius 3 is 1.34 bits per heavy atom. The summed E-state index contributed by atoms with van der Waals surface area (Å²) in [7, 11) is 0. The molecule has 11 aromatic rings. The van der Waals surface area contributed by atoms with Crippen LogP contribution in [0.1, 0.15) is 0 Å². The number of para-hydroxylation sites is 1. The number of fused-ring (bicyclic) bond motifs is 7. The molecule has 0 saturated heterocycles. The van der Waals surface area contributed by atoms with Gasteiger partial charge in [-0.1, -0.05) is 72.8 Å². The van der Waals surface area contributed by atoms with Gasteiger partial charge in [-0.15, -0.1) is 0 Å². The molecule has 8 heteroatoms. The number of hydrogen-bond acceptors (Lipinski definition) is 8. The van der Waals surface area contributed by atoms with E-state index in [9.17, 15) is 0 Å². The van der Waals surface area contributed by atoms with Gasteiger partial charge in [-0.25, -0.2) is 15.0 Å². The topological polar surface area (TPSA) is 103 Å². The van der Waals surface area contributed by atoms with E-state index in [0.717, 1.165) is 93.5 Å². The van der Waals surface area contributed by atoms with Crippen LogP contribution in [0, 0.1) is 0 Å². The molecule has 11 rings (SSSR count). The molecule has 0 N–H and O–H groups in total. The molecule has 0 spiro atoms. The second-order valence-electron chi connectivity index (χ2n) is 13.6. The zero-order valence-corrected chi connectivity index (χ0v) is 29.7. The quantitative estimate of drug-likeness (QED) is 0.162. The molecule has 0 aliphatic carbocycles. The van der Waals surface area contributed by atoms with Gasteiger partial charge in [-0.3, -0.25) is 24.9 Å². The lowest BCUT2D eigenvalue weighted by atomic mass is 9.91. The predicted molar refractivity (Wildman–Crippen MR) is 224 cm³/mol. The second-order valence-corrected chi connectivity index (χ2v) is 13.6. The summed E-state index contributed by atoms with van der Waals surface area (Å²) < 4.78 is 0. The van der Waals surface area contributed by atoms with E-state index in [1.165, 1.54) is 0 Å². The maximum absolute atomic E-state index is 5.24. The van der Waals surface area contributed by atoms with Crippen molar-refractivity contribution in [1.29, 1.82) is 0 Å². The molecule has 0 radical (unpaired) electrons. The van der Waals surface area contributed by atoms with Crippen molar-refractivity contribution in [2.75, 3.05) is 0 Å². The van der Waals surface area contributed by atoms with E-state index < -0.39 is 0 Å². The number of hydrogen-bond donors (Lipinski definition) is 0. The van der Waals surface area contributed by atoms with Gasteiger partial charge in [0.15, 0.2) is 17.5 Å². The number of nitrogens with zero attached hydrogens (tertiary/aromatic N) is 8. The largest absolute Gasteiger partial charge is 0.255 e. The van der Waals surface area contributed by atoms with Crippen molar-refractivity contribution in [1.82, 2.24) is 39.9 Å². The normalized spacial score (nSPS) is 11.6. The van der Waals surface area contributed by atoms with E-state index >= 15 is 0 Å². The average molecular weight is 717 g/mol. The van der Waals surface area contributed by atoms with Gasteiger partial charge >= 0.3 is 0 Å². The molecule has 0 aliphatic heterocycles. The average Bonchev–Trinajstić information content (AvgIpc) is 3.28.